The molecule has 2 aromatic carbocycles. The summed E-state index contributed by atoms with van der Waals surface area (Å²) in [7, 11) is -0.596. The van der Waals surface area contributed by atoms with Crippen molar-refractivity contribution >= 4 is 26.8 Å². The van der Waals surface area contributed by atoms with Crippen molar-refractivity contribution in [2.24, 2.45) is 0 Å². The number of carbonyl (C=O) groups excluding carboxylic acids is 1. The van der Waals surface area contributed by atoms with Crippen molar-refractivity contribution in [1.82, 2.24) is 14.8 Å². The number of rotatable bonds is 7. The zero-order valence-corrected chi connectivity index (χ0v) is 16.8. The minimum atomic E-state index is -3.68. The summed E-state index contributed by atoms with van der Waals surface area (Å²) in [6, 6.07) is 13.5. The molecule has 1 aromatic heterocycles. The minimum absolute atomic E-state index is 0.242. The summed E-state index contributed by atoms with van der Waals surface area (Å²) >= 11 is 0. The van der Waals surface area contributed by atoms with Crippen LogP contribution in [-0.4, -0.2) is 38.5 Å². The van der Waals surface area contributed by atoms with E-state index in [0.717, 1.165) is 16.5 Å². The summed E-state index contributed by atoms with van der Waals surface area (Å²) < 4.78 is 27.2. The quantitative estimate of drug-likeness (QED) is 0.591. The molecule has 0 bridgehead atoms. The van der Waals surface area contributed by atoms with E-state index in [4.69, 9.17) is 0 Å². The second-order valence-corrected chi connectivity index (χ2v) is 8.35. The Hall–Kier alpha value is -2.68. The number of benzene rings is 2. The van der Waals surface area contributed by atoms with Gasteiger partial charge >= 0.3 is 0 Å². The molecule has 1 atom stereocenters. The van der Waals surface area contributed by atoms with Crippen molar-refractivity contribution in [2.45, 2.75) is 24.3 Å². The third-order valence-corrected chi connectivity index (χ3v) is 6.31. The summed E-state index contributed by atoms with van der Waals surface area (Å²) in [4.78, 5) is 16.9. The highest BCUT2D eigenvalue weighted by Gasteiger charge is 2.20. The van der Waals surface area contributed by atoms with E-state index in [1.54, 1.807) is 49.6 Å². The molecule has 0 unspecified atom stereocenters. The van der Waals surface area contributed by atoms with Crippen molar-refractivity contribution in [3.05, 3.63) is 65.9 Å². The molecule has 0 aliphatic carbocycles. The molecule has 3 rings (SSSR count). The molecule has 1 amide bonds. The number of fused-ring (bicyclic) bond motifs is 1. The summed E-state index contributed by atoms with van der Waals surface area (Å²) in [6.07, 6.45) is 1.99. The molecule has 0 saturated carbocycles. The SMILES string of the molecule is CN[C@@H](Cc1ccc2c(ccn2S(=O)(=O)c2ccc(C)cc2)c1)C(=O)NOC. The summed E-state index contributed by atoms with van der Waals surface area (Å²) in [5, 5.41) is 3.73. The molecule has 0 radical (unpaired) electrons. The fourth-order valence-electron chi connectivity index (χ4n) is 3.06. The molecule has 8 heteroatoms. The van der Waals surface area contributed by atoms with Gasteiger partial charge in [-0.2, -0.15) is 0 Å². The van der Waals surface area contributed by atoms with E-state index in [9.17, 15) is 13.2 Å². The Kier molecular flexibility index (Phi) is 5.83. The van der Waals surface area contributed by atoms with Gasteiger partial charge in [0.05, 0.1) is 23.6 Å². The Balaban J connectivity index is 1.92. The summed E-state index contributed by atoms with van der Waals surface area (Å²) in [5.74, 6) is -0.274. The maximum atomic E-state index is 13.0. The highest BCUT2D eigenvalue weighted by molar-refractivity contribution is 7.90. The van der Waals surface area contributed by atoms with Gasteiger partial charge in [0.15, 0.2) is 0 Å². The van der Waals surface area contributed by atoms with Crippen LogP contribution >= 0.6 is 0 Å². The van der Waals surface area contributed by atoms with Crippen LogP contribution in [0.2, 0.25) is 0 Å². The molecule has 28 heavy (non-hydrogen) atoms. The van der Waals surface area contributed by atoms with Crippen molar-refractivity contribution in [1.29, 1.82) is 0 Å². The van der Waals surface area contributed by atoms with E-state index in [1.165, 1.54) is 11.1 Å². The molecule has 0 spiro atoms. The second kappa shape index (κ2) is 8.14. The van der Waals surface area contributed by atoms with Gasteiger partial charge in [-0.1, -0.05) is 23.8 Å². The monoisotopic (exact) mass is 401 g/mol. The number of likely N-dealkylation sites (N-methyl/N-ethyl adjacent to an activating group) is 1. The predicted octanol–water partition coefficient (Wildman–Crippen LogP) is 1.99. The second-order valence-electron chi connectivity index (χ2n) is 6.54. The standard InChI is InChI=1S/C20H23N3O4S/c1-14-4-7-17(8-5-14)28(25,26)23-11-10-16-12-15(6-9-19(16)23)13-18(21-2)20(24)22-27-3/h4-12,18,21H,13H2,1-3H3,(H,22,24)/t18-/m0/s1. The van der Waals surface area contributed by atoms with Crippen LogP contribution in [0, 0.1) is 6.92 Å². The number of carbonyl (C=O) groups is 1. The third kappa shape index (κ3) is 3.94. The van der Waals surface area contributed by atoms with Crippen LogP contribution < -0.4 is 10.8 Å². The first-order valence-electron chi connectivity index (χ1n) is 8.79. The number of hydroxylamine groups is 1. The van der Waals surface area contributed by atoms with E-state index in [2.05, 4.69) is 15.6 Å². The third-order valence-electron chi connectivity index (χ3n) is 4.60. The zero-order chi connectivity index (χ0) is 20.3. The smallest absolute Gasteiger partial charge is 0.268 e. The number of hydrogen-bond acceptors (Lipinski definition) is 5. The Labute approximate surface area is 164 Å². The van der Waals surface area contributed by atoms with E-state index >= 15 is 0 Å². The fraction of sp³-hybridized carbons (Fsp3) is 0.250. The van der Waals surface area contributed by atoms with Gasteiger partial charge in [0, 0.05) is 11.6 Å². The average molecular weight is 401 g/mol. The average Bonchev–Trinajstić information content (AvgIpc) is 3.10. The van der Waals surface area contributed by atoms with E-state index in [1.807, 2.05) is 19.1 Å². The molecule has 0 saturated heterocycles. The minimum Gasteiger partial charge on any atom is -0.309 e. The van der Waals surface area contributed by atoms with Crippen molar-refractivity contribution in [3.8, 4) is 0 Å². The summed E-state index contributed by atoms with van der Waals surface area (Å²) in [5.41, 5.74) is 4.81. The van der Waals surface area contributed by atoms with Crippen molar-refractivity contribution in [2.75, 3.05) is 14.2 Å². The van der Waals surface area contributed by atoms with Gasteiger partial charge in [-0.15, -0.1) is 0 Å². The predicted molar refractivity (Wildman–Crippen MR) is 107 cm³/mol. The molecular weight excluding hydrogens is 378 g/mol. The number of aryl methyl sites for hydroxylation is 1. The summed E-state index contributed by atoms with van der Waals surface area (Å²) in [6.45, 7) is 1.91. The molecule has 2 N–H and O–H groups in total. The molecule has 7 nitrogen and oxygen atoms in total. The topological polar surface area (TPSA) is 89.4 Å². The fourth-order valence-corrected chi connectivity index (χ4v) is 4.41. The Morgan fingerprint density at radius 1 is 1.14 bits per heavy atom. The molecule has 0 fully saturated rings. The van der Waals surface area contributed by atoms with E-state index in [0.29, 0.717) is 11.9 Å². The van der Waals surface area contributed by atoms with Crippen molar-refractivity contribution in [3.63, 3.8) is 0 Å². The van der Waals surface area contributed by atoms with Crippen LogP contribution in [-0.2, 0) is 26.1 Å². The van der Waals surface area contributed by atoms with Crippen LogP contribution in [0.25, 0.3) is 10.9 Å². The maximum absolute atomic E-state index is 13.0. The number of hydrogen-bond donors (Lipinski definition) is 2. The van der Waals surface area contributed by atoms with Crippen LogP contribution in [0.1, 0.15) is 11.1 Å². The van der Waals surface area contributed by atoms with Gasteiger partial charge in [-0.3, -0.25) is 9.63 Å². The number of aromatic nitrogens is 1. The lowest BCUT2D eigenvalue weighted by molar-refractivity contribution is -0.133. The largest absolute Gasteiger partial charge is 0.309 e. The lowest BCUT2D eigenvalue weighted by atomic mass is 10.0. The highest BCUT2D eigenvalue weighted by atomic mass is 32.2. The van der Waals surface area contributed by atoms with E-state index in [-0.39, 0.29) is 10.8 Å². The lowest BCUT2D eigenvalue weighted by Crippen LogP contribution is -2.43. The first-order chi connectivity index (χ1) is 13.4. The van der Waals surface area contributed by atoms with Crippen molar-refractivity contribution < 1.29 is 18.0 Å². The number of amides is 1. The first-order valence-corrected chi connectivity index (χ1v) is 10.2. The van der Waals surface area contributed by atoms with Gasteiger partial charge in [0.1, 0.15) is 0 Å². The zero-order valence-electron chi connectivity index (χ0n) is 16.0. The lowest BCUT2D eigenvalue weighted by Gasteiger charge is -2.15. The number of nitrogens with zero attached hydrogens (tertiary/aromatic N) is 1. The van der Waals surface area contributed by atoms with Gasteiger partial charge in [0.2, 0.25) is 0 Å². The molecule has 0 aliphatic rings. The van der Waals surface area contributed by atoms with Gasteiger partial charge in [0.25, 0.3) is 15.9 Å². The molecule has 3 aromatic rings. The molecule has 148 valence electrons. The van der Waals surface area contributed by atoms with E-state index < -0.39 is 16.1 Å². The number of nitrogens with one attached hydrogen (secondary N) is 2. The van der Waals surface area contributed by atoms with Crippen LogP contribution in [0.5, 0.6) is 0 Å². The van der Waals surface area contributed by atoms with Gasteiger partial charge in [-0.25, -0.2) is 17.9 Å². The highest BCUT2D eigenvalue weighted by Crippen LogP contribution is 2.24. The molecule has 0 aliphatic heterocycles. The first kappa shape index (κ1) is 20.1. The van der Waals surface area contributed by atoms with Gasteiger partial charge < -0.3 is 5.32 Å². The van der Waals surface area contributed by atoms with Crippen LogP contribution in [0.4, 0.5) is 0 Å². The van der Waals surface area contributed by atoms with Crippen LogP contribution in [0.3, 0.4) is 0 Å². The Morgan fingerprint density at radius 3 is 2.50 bits per heavy atom. The maximum Gasteiger partial charge on any atom is 0.268 e. The Bertz CT molecular complexity index is 1090. The Morgan fingerprint density at radius 2 is 1.86 bits per heavy atom. The van der Waals surface area contributed by atoms with Gasteiger partial charge in [-0.05, 0) is 56.3 Å². The molecular formula is C20H23N3O4S. The molecule has 1 heterocycles. The normalized spacial score (nSPS) is 12.8. The van der Waals surface area contributed by atoms with Crippen LogP contribution in [0.15, 0.2) is 59.6 Å².